The molecule has 0 aromatic rings. The minimum atomic E-state index is -0.504. The van der Waals surface area contributed by atoms with Crippen LogP contribution in [0.5, 0.6) is 0 Å². The maximum Gasteiger partial charge on any atom is 0.237 e. The number of carbonyl (C=O) groups excluding carboxylic acids is 1. The summed E-state index contributed by atoms with van der Waals surface area (Å²) >= 11 is 0. The van der Waals surface area contributed by atoms with Gasteiger partial charge in [-0.25, -0.2) is 0 Å². The molecule has 1 aliphatic heterocycles. The lowest BCUT2D eigenvalue weighted by atomic mass is 9.93. The van der Waals surface area contributed by atoms with E-state index in [9.17, 15) is 4.79 Å². The Morgan fingerprint density at radius 3 is 2.70 bits per heavy atom. The Bertz CT molecular complexity index is 330. The predicted molar refractivity (Wildman–Crippen MR) is 82.5 cm³/mol. The van der Waals surface area contributed by atoms with Crippen molar-refractivity contribution in [2.24, 2.45) is 5.73 Å². The maximum absolute atomic E-state index is 11.7. The average molecular weight is 281 g/mol. The topological polar surface area (TPSA) is 58.4 Å². The molecule has 0 bridgehead atoms. The second-order valence-electron chi connectivity index (χ2n) is 6.81. The van der Waals surface area contributed by atoms with Crippen LogP contribution in [0.2, 0.25) is 0 Å². The molecule has 2 aliphatic rings. The van der Waals surface area contributed by atoms with E-state index in [2.05, 4.69) is 17.1 Å². The predicted octanol–water partition coefficient (Wildman–Crippen LogP) is 2.03. The van der Waals surface area contributed by atoms with E-state index in [1.165, 1.54) is 51.6 Å². The SMILES string of the molecule is CCC1CCCN1CCCCC(C)(NC1CC1)C(N)=O. The summed E-state index contributed by atoms with van der Waals surface area (Å²) in [4.78, 5) is 14.3. The molecule has 4 nitrogen and oxygen atoms in total. The van der Waals surface area contributed by atoms with Gasteiger partial charge < -0.3 is 16.0 Å². The number of unbranched alkanes of at least 4 members (excludes halogenated alkanes) is 1. The van der Waals surface area contributed by atoms with Crippen LogP contribution in [-0.2, 0) is 4.79 Å². The number of primary amides is 1. The fourth-order valence-corrected chi connectivity index (χ4v) is 3.39. The van der Waals surface area contributed by atoms with Gasteiger partial charge in [-0.1, -0.05) is 6.92 Å². The molecule has 0 spiro atoms. The molecule has 3 N–H and O–H groups in total. The Labute approximate surface area is 123 Å². The normalized spacial score (nSPS) is 26.6. The Morgan fingerprint density at radius 2 is 2.10 bits per heavy atom. The first-order valence-electron chi connectivity index (χ1n) is 8.37. The van der Waals surface area contributed by atoms with E-state index < -0.39 is 5.54 Å². The van der Waals surface area contributed by atoms with Crippen molar-refractivity contribution in [3.8, 4) is 0 Å². The molecular weight excluding hydrogens is 250 g/mol. The highest BCUT2D eigenvalue weighted by Crippen LogP contribution is 2.25. The van der Waals surface area contributed by atoms with E-state index >= 15 is 0 Å². The van der Waals surface area contributed by atoms with Crippen molar-refractivity contribution < 1.29 is 4.79 Å². The molecule has 1 amide bonds. The number of likely N-dealkylation sites (tertiary alicyclic amines) is 1. The number of nitrogens with zero attached hydrogens (tertiary/aromatic N) is 1. The van der Waals surface area contributed by atoms with Crippen LogP contribution in [-0.4, -0.2) is 41.5 Å². The van der Waals surface area contributed by atoms with Crippen molar-refractivity contribution in [2.75, 3.05) is 13.1 Å². The summed E-state index contributed by atoms with van der Waals surface area (Å²) in [5.41, 5.74) is 5.08. The number of hydrogen-bond acceptors (Lipinski definition) is 3. The molecule has 1 aliphatic carbocycles. The number of nitrogens with two attached hydrogens (primary N) is 1. The first-order chi connectivity index (χ1) is 9.55. The first-order valence-corrected chi connectivity index (χ1v) is 8.37. The third-order valence-electron chi connectivity index (χ3n) is 4.99. The van der Waals surface area contributed by atoms with E-state index in [1.54, 1.807) is 0 Å². The second-order valence-corrected chi connectivity index (χ2v) is 6.81. The van der Waals surface area contributed by atoms with Crippen molar-refractivity contribution in [3.63, 3.8) is 0 Å². The Kier molecular flexibility index (Phi) is 5.44. The summed E-state index contributed by atoms with van der Waals surface area (Å²) in [5.74, 6) is -0.197. The number of rotatable bonds is 9. The van der Waals surface area contributed by atoms with Crippen LogP contribution in [0.1, 0.15) is 65.2 Å². The molecule has 0 aromatic carbocycles. The van der Waals surface area contributed by atoms with Gasteiger partial charge in [-0.05, 0) is 71.4 Å². The third-order valence-corrected chi connectivity index (χ3v) is 4.99. The van der Waals surface area contributed by atoms with Gasteiger partial charge in [0.1, 0.15) is 0 Å². The van der Waals surface area contributed by atoms with Crippen molar-refractivity contribution in [3.05, 3.63) is 0 Å². The van der Waals surface area contributed by atoms with Crippen LogP contribution >= 0.6 is 0 Å². The zero-order valence-electron chi connectivity index (χ0n) is 13.2. The summed E-state index contributed by atoms with van der Waals surface area (Å²) in [7, 11) is 0. The number of carbonyl (C=O) groups is 1. The van der Waals surface area contributed by atoms with Gasteiger partial charge in [-0.2, -0.15) is 0 Å². The van der Waals surface area contributed by atoms with Gasteiger partial charge in [0.15, 0.2) is 0 Å². The fourth-order valence-electron chi connectivity index (χ4n) is 3.39. The zero-order chi connectivity index (χ0) is 14.6. The van der Waals surface area contributed by atoms with Gasteiger partial charge in [0.2, 0.25) is 5.91 Å². The smallest absolute Gasteiger partial charge is 0.237 e. The first kappa shape index (κ1) is 15.8. The highest BCUT2D eigenvalue weighted by atomic mass is 16.1. The summed E-state index contributed by atoms with van der Waals surface area (Å²) in [6.45, 7) is 6.69. The van der Waals surface area contributed by atoms with Crippen molar-refractivity contribution in [1.29, 1.82) is 0 Å². The average Bonchev–Trinajstić information content (AvgIpc) is 3.10. The molecule has 20 heavy (non-hydrogen) atoms. The molecule has 0 radical (unpaired) electrons. The third kappa shape index (κ3) is 4.19. The quantitative estimate of drug-likeness (QED) is 0.636. The molecule has 0 aromatic heterocycles. The van der Waals surface area contributed by atoms with Gasteiger partial charge >= 0.3 is 0 Å². The zero-order valence-corrected chi connectivity index (χ0v) is 13.2. The van der Waals surface area contributed by atoms with Crippen LogP contribution in [0.25, 0.3) is 0 Å². The minimum Gasteiger partial charge on any atom is -0.368 e. The number of amides is 1. The van der Waals surface area contributed by atoms with E-state index in [0.717, 1.165) is 18.9 Å². The van der Waals surface area contributed by atoms with Gasteiger partial charge in [0, 0.05) is 12.1 Å². The monoisotopic (exact) mass is 281 g/mol. The van der Waals surface area contributed by atoms with Crippen molar-refractivity contribution in [1.82, 2.24) is 10.2 Å². The minimum absolute atomic E-state index is 0.197. The molecule has 1 saturated carbocycles. The molecular formula is C16H31N3O. The number of hydrogen-bond donors (Lipinski definition) is 2. The molecule has 1 saturated heterocycles. The van der Waals surface area contributed by atoms with E-state index in [4.69, 9.17) is 5.73 Å². The largest absolute Gasteiger partial charge is 0.368 e. The molecule has 2 atom stereocenters. The van der Waals surface area contributed by atoms with E-state index in [0.29, 0.717) is 6.04 Å². The van der Waals surface area contributed by atoms with E-state index in [1.807, 2.05) is 6.92 Å². The van der Waals surface area contributed by atoms with Crippen LogP contribution in [0.4, 0.5) is 0 Å². The van der Waals surface area contributed by atoms with Crippen LogP contribution in [0.3, 0.4) is 0 Å². The van der Waals surface area contributed by atoms with Crippen molar-refractivity contribution in [2.45, 2.75) is 82.8 Å². The van der Waals surface area contributed by atoms with Gasteiger partial charge in [0.05, 0.1) is 5.54 Å². The van der Waals surface area contributed by atoms with Crippen LogP contribution in [0.15, 0.2) is 0 Å². The standard InChI is InChI=1S/C16H31N3O/c1-3-14-7-6-12-19(14)11-5-4-10-16(2,15(17)20)18-13-8-9-13/h13-14,18H,3-12H2,1-2H3,(H2,17,20). The fraction of sp³-hybridized carbons (Fsp3) is 0.938. The highest BCUT2D eigenvalue weighted by Gasteiger charge is 2.36. The van der Waals surface area contributed by atoms with Gasteiger partial charge in [0.25, 0.3) is 0 Å². The molecule has 116 valence electrons. The maximum atomic E-state index is 11.7. The Balaban J connectivity index is 1.69. The molecule has 4 heteroatoms. The van der Waals surface area contributed by atoms with Crippen molar-refractivity contribution >= 4 is 5.91 Å². The van der Waals surface area contributed by atoms with Crippen LogP contribution < -0.4 is 11.1 Å². The van der Waals surface area contributed by atoms with Gasteiger partial charge in [-0.15, -0.1) is 0 Å². The summed E-state index contributed by atoms with van der Waals surface area (Å²) in [6.07, 6.45) is 9.46. The molecule has 2 unspecified atom stereocenters. The Morgan fingerprint density at radius 1 is 1.35 bits per heavy atom. The lowest BCUT2D eigenvalue weighted by Gasteiger charge is -2.28. The lowest BCUT2D eigenvalue weighted by molar-refractivity contribution is -0.124. The highest BCUT2D eigenvalue weighted by molar-refractivity contribution is 5.84. The second kappa shape index (κ2) is 6.90. The molecule has 2 rings (SSSR count). The molecule has 2 fully saturated rings. The molecule has 1 heterocycles. The number of nitrogens with one attached hydrogen (secondary N) is 1. The lowest BCUT2D eigenvalue weighted by Crippen LogP contribution is -2.54. The van der Waals surface area contributed by atoms with Crippen LogP contribution in [0, 0.1) is 0 Å². The van der Waals surface area contributed by atoms with Gasteiger partial charge in [-0.3, -0.25) is 4.79 Å². The summed E-state index contributed by atoms with van der Waals surface area (Å²) < 4.78 is 0. The van der Waals surface area contributed by atoms with E-state index in [-0.39, 0.29) is 5.91 Å². The summed E-state index contributed by atoms with van der Waals surface area (Å²) in [5, 5.41) is 3.43. The summed E-state index contributed by atoms with van der Waals surface area (Å²) in [6, 6.07) is 1.32. The Hall–Kier alpha value is -0.610.